The highest BCUT2D eigenvalue weighted by Gasteiger charge is 2.34. The summed E-state index contributed by atoms with van der Waals surface area (Å²) < 4.78 is 0. The summed E-state index contributed by atoms with van der Waals surface area (Å²) in [6.07, 6.45) is 10.6. The number of amides is 1. The van der Waals surface area contributed by atoms with E-state index in [-0.39, 0.29) is 17.8 Å². The highest BCUT2D eigenvalue weighted by atomic mass is 32.2. The molecule has 102 valence electrons. The van der Waals surface area contributed by atoms with Gasteiger partial charge in [0, 0.05) is 12.4 Å². The van der Waals surface area contributed by atoms with E-state index in [1.165, 1.54) is 11.8 Å². The third-order valence-electron chi connectivity index (χ3n) is 2.63. The van der Waals surface area contributed by atoms with Gasteiger partial charge in [-0.15, -0.1) is 0 Å². The van der Waals surface area contributed by atoms with E-state index in [9.17, 15) is 14.7 Å². The Morgan fingerprint density at radius 3 is 3.00 bits per heavy atom. The van der Waals surface area contributed by atoms with E-state index in [2.05, 4.69) is 22.9 Å². The summed E-state index contributed by atoms with van der Waals surface area (Å²) in [5.74, 6) is -1.47. The molecule has 1 aliphatic carbocycles. The lowest BCUT2D eigenvalue weighted by Gasteiger charge is -2.08. The zero-order valence-electron chi connectivity index (χ0n) is 10.2. The van der Waals surface area contributed by atoms with Crippen molar-refractivity contribution in [3.05, 3.63) is 36.1 Å². The summed E-state index contributed by atoms with van der Waals surface area (Å²) in [4.78, 5) is 21.9. The van der Waals surface area contributed by atoms with Crippen LogP contribution in [0.3, 0.4) is 0 Å². The highest BCUT2D eigenvalue weighted by molar-refractivity contribution is 8.01. The number of carbonyl (C=O) groups excluding carboxylic acids is 2. The van der Waals surface area contributed by atoms with Crippen LogP contribution in [0.15, 0.2) is 36.1 Å². The largest absolute Gasteiger partial charge is 0.550 e. The van der Waals surface area contributed by atoms with Crippen molar-refractivity contribution in [3.63, 3.8) is 0 Å². The number of quaternary nitrogens is 1. The van der Waals surface area contributed by atoms with Gasteiger partial charge in [0.15, 0.2) is 0 Å². The van der Waals surface area contributed by atoms with Gasteiger partial charge >= 0.3 is 0 Å². The van der Waals surface area contributed by atoms with Gasteiger partial charge in [-0.05, 0) is 12.0 Å². The van der Waals surface area contributed by atoms with Crippen molar-refractivity contribution in [3.8, 4) is 0 Å². The summed E-state index contributed by atoms with van der Waals surface area (Å²) in [5.41, 5.74) is 5.54. The van der Waals surface area contributed by atoms with Crippen molar-refractivity contribution in [2.75, 3.05) is 0 Å². The maximum atomic E-state index is 11.5. The first-order chi connectivity index (χ1) is 9.15. The van der Waals surface area contributed by atoms with Crippen molar-refractivity contribution < 1.29 is 20.1 Å². The molecule has 2 atom stereocenters. The number of thioether (sulfide) groups is 1. The predicted molar refractivity (Wildman–Crippen MR) is 69.0 cm³/mol. The Balaban J connectivity index is 1.77. The Bertz CT molecular complexity index is 445. The second kappa shape index (κ2) is 6.44. The van der Waals surface area contributed by atoms with E-state index in [1.807, 2.05) is 18.4 Å². The summed E-state index contributed by atoms with van der Waals surface area (Å²) in [6, 6.07) is 0. The molecule has 7 heteroatoms. The number of rotatable bonds is 5. The highest BCUT2D eigenvalue weighted by Crippen LogP contribution is 2.21. The van der Waals surface area contributed by atoms with Gasteiger partial charge in [0.25, 0.3) is 0 Å². The molecule has 6 nitrogen and oxygen atoms in total. The third-order valence-corrected chi connectivity index (χ3v) is 3.89. The van der Waals surface area contributed by atoms with Crippen LogP contribution in [-0.4, -0.2) is 22.6 Å². The average Bonchev–Trinajstić information content (AvgIpc) is 2.70. The van der Waals surface area contributed by atoms with Crippen LogP contribution in [0, 0.1) is 0 Å². The van der Waals surface area contributed by atoms with Crippen LogP contribution >= 0.6 is 11.8 Å². The molecule has 0 aromatic rings. The van der Waals surface area contributed by atoms with E-state index in [0.29, 0.717) is 0 Å². The molecule has 2 aliphatic rings. The molecular formula is C12H15N3O3S. The molecule has 4 N–H and O–H groups in total. The Kier molecular flexibility index (Phi) is 4.64. The van der Waals surface area contributed by atoms with Crippen LogP contribution in [0.2, 0.25) is 0 Å². The van der Waals surface area contributed by atoms with Crippen LogP contribution < -0.4 is 21.3 Å². The molecule has 1 amide bonds. The number of aliphatic carboxylic acids is 1. The molecule has 1 saturated heterocycles. The second-order valence-electron chi connectivity index (χ2n) is 4.15. The maximum absolute atomic E-state index is 11.5. The SMILES string of the molecule is O=C([O-])C[C@H]1S[C@H]([NH2+]NC=C2C=CCC=C2)NC1=O. The lowest BCUT2D eigenvalue weighted by Crippen LogP contribution is -2.98. The molecule has 1 fully saturated rings. The van der Waals surface area contributed by atoms with E-state index >= 15 is 0 Å². The van der Waals surface area contributed by atoms with E-state index in [1.54, 1.807) is 5.43 Å². The predicted octanol–water partition coefficient (Wildman–Crippen LogP) is -1.89. The van der Waals surface area contributed by atoms with Crippen molar-refractivity contribution >= 4 is 23.6 Å². The summed E-state index contributed by atoms with van der Waals surface area (Å²) in [6.45, 7) is 0. The van der Waals surface area contributed by atoms with E-state index < -0.39 is 11.2 Å². The molecule has 0 aromatic carbocycles. The second-order valence-corrected chi connectivity index (χ2v) is 5.50. The normalized spacial score (nSPS) is 25.3. The molecule has 0 radical (unpaired) electrons. The topological polar surface area (TPSA) is 97.9 Å². The molecule has 1 aliphatic heterocycles. The number of nitrogens with one attached hydrogen (secondary N) is 2. The summed E-state index contributed by atoms with van der Waals surface area (Å²) in [7, 11) is 0. The molecule has 1 heterocycles. The fraction of sp³-hybridized carbons (Fsp3) is 0.333. The lowest BCUT2D eigenvalue weighted by atomic mass is 10.1. The fourth-order valence-electron chi connectivity index (χ4n) is 1.75. The van der Waals surface area contributed by atoms with Gasteiger partial charge in [0.05, 0.1) is 11.4 Å². The Morgan fingerprint density at radius 1 is 1.58 bits per heavy atom. The molecular weight excluding hydrogens is 266 g/mol. The Labute approximate surface area is 115 Å². The first-order valence-corrected chi connectivity index (χ1v) is 6.88. The molecule has 19 heavy (non-hydrogen) atoms. The van der Waals surface area contributed by atoms with E-state index in [0.717, 1.165) is 12.0 Å². The molecule has 0 saturated carbocycles. The Hall–Kier alpha value is -1.73. The van der Waals surface area contributed by atoms with Crippen molar-refractivity contribution in [2.45, 2.75) is 23.6 Å². The van der Waals surface area contributed by atoms with Crippen molar-refractivity contribution in [1.29, 1.82) is 0 Å². The maximum Gasteiger partial charge on any atom is 0.239 e. The van der Waals surface area contributed by atoms with Gasteiger partial charge < -0.3 is 9.90 Å². The molecule has 0 aromatic heterocycles. The monoisotopic (exact) mass is 281 g/mol. The van der Waals surface area contributed by atoms with Crippen molar-refractivity contribution in [2.24, 2.45) is 0 Å². The number of allylic oxidation sites excluding steroid dienone is 5. The first kappa shape index (κ1) is 13.7. The van der Waals surface area contributed by atoms with Gasteiger partial charge in [-0.25, -0.2) is 10.9 Å². The number of hydrogen-bond acceptors (Lipinski definition) is 5. The van der Waals surface area contributed by atoms with Crippen molar-refractivity contribution in [1.82, 2.24) is 10.7 Å². The minimum absolute atomic E-state index is 0.231. The minimum Gasteiger partial charge on any atom is -0.550 e. The molecule has 0 unspecified atom stereocenters. The lowest BCUT2D eigenvalue weighted by molar-refractivity contribution is -0.716. The number of carboxylic acid groups (broad SMARTS) is 1. The first-order valence-electron chi connectivity index (χ1n) is 5.93. The minimum atomic E-state index is -1.21. The van der Waals surface area contributed by atoms with Gasteiger partial charge in [-0.2, -0.15) is 0 Å². The van der Waals surface area contributed by atoms with Crippen LogP contribution in [0.25, 0.3) is 0 Å². The third kappa shape index (κ3) is 4.15. The van der Waals surface area contributed by atoms with Crippen LogP contribution in [-0.2, 0) is 9.59 Å². The average molecular weight is 281 g/mol. The quantitative estimate of drug-likeness (QED) is 0.404. The van der Waals surface area contributed by atoms with Gasteiger partial charge in [-0.1, -0.05) is 36.1 Å². The fourth-order valence-corrected chi connectivity index (χ4v) is 2.87. The van der Waals surface area contributed by atoms with Crippen LogP contribution in [0.4, 0.5) is 0 Å². The van der Waals surface area contributed by atoms with E-state index in [4.69, 9.17) is 0 Å². The summed E-state index contributed by atoms with van der Waals surface area (Å²) >= 11 is 1.27. The van der Waals surface area contributed by atoms with Crippen LogP contribution in [0.5, 0.6) is 0 Å². The number of nitrogens with two attached hydrogens (primary N) is 1. The van der Waals surface area contributed by atoms with Gasteiger partial charge in [0.1, 0.15) is 0 Å². The Morgan fingerprint density at radius 2 is 2.32 bits per heavy atom. The smallest absolute Gasteiger partial charge is 0.239 e. The number of carboxylic acids is 1. The zero-order chi connectivity index (χ0) is 13.7. The molecule has 2 rings (SSSR count). The van der Waals surface area contributed by atoms with Crippen LogP contribution in [0.1, 0.15) is 12.8 Å². The molecule has 0 spiro atoms. The number of carbonyl (C=O) groups is 2. The zero-order valence-corrected chi connectivity index (χ0v) is 11.0. The van der Waals surface area contributed by atoms with Gasteiger partial charge in [-0.3, -0.25) is 10.1 Å². The summed E-state index contributed by atoms with van der Waals surface area (Å²) in [5, 5.41) is 12.6. The van der Waals surface area contributed by atoms with Gasteiger partial charge in [0.2, 0.25) is 11.4 Å². The molecule has 0 bridgehead atoms. The number of hydrogen-bond donors (Lipinski definition) is 3. The standard InChI is InChI=1S/C12H15N3O3S/c16-10(17)6-9-11(18)14-12(19-9)15-13-7-8-4-2-1-3-5-8/h2-5,7,9,12-13,15H,1,6H2,(H,14,18)(H,16,17)/t9-,12+/m1/s1.